The largest absolute Gasteiger partial charge is 0.397 e. The lowest BCUT2D eigenvalue weighted by atomic mass is 10.1. The average molecular weight is 240 g/mol. The Morgan fingerprint density at radius 3 is 2.88 bits per heavy atom. The number of nitrogens with one attached hydrogen (secondary N) is 1. The maximum Gasteiger partial charge on any atom is 0.253 e. The van der Waals surface area contributed by atoms with Gasteiger partial charge in [-0.1, -0.05) is 25.4 Å². The minimum absolute atomic E-state index is 0.183. The van der Waals surface area contributed by atoms with E-state index in [2.05, 4.69) is 24.1 Å². The quantitative estimate of drug-likeness (QED) is 0.774. The molecule has 0 aliphatic heterocycles. The summed E-state index contributed by atoms with van der Waals surface area (Å²) in [4.78, 5) is 15.7. The van der Waals surface area contributed by atoms with Gasteiger partial charge in [0.25, 0.3) is 5.91 Å². The molecule has 3 N–H and O–H groups in total. The van der Waals surface area contributed by atoms with Gasteiger partial charge >= 0.3 is 0 Å². The van der Waals surface area contributed by atoms with E-state index in [9.17, 15) is 4.79 Å². The summed E-state index contributed by atoms with van der Waals surface area (Å²) >= 11 is 5.72. The zero-order valence-corrected chi connectivity index (χ0v) is 10.0. The Balaban J connectivity index is 2.12. The van der Waals surface area contributed by atoms with Gasteiger partial charge in [0, 0.05) is 6.04 Å². The zero-order valence-electron chi connectivity index (χ0n) is 9.25. The van der Waals surface area contributed by atoms with Crippen LogP contribution in [0.5, 0.6) is 0 Å². The number of nitrogens with zero attached hydrogens (tertiary/aromatic N) is 1. The van der Waals surface area contributed by atoms with Crippen LogP contribution in [0.3, 0.4) is 0 Å². The molecule has 1 fully saturated rings. The van der Waals surface area contributed by atoms with Crippen molar-refractivity contribution in [2.45, 2.75) is 26.3 Å². The monoisotopic (exact) mass is 239 g/mol. The van der Waals surface area contributed by atoms with Crippen LogP contribution < -0.4 is 11.1 Å². The van der Waals surface area contributed by atoms with Crippen LogP contribution in [0.4, 0.5) is 5.69 Å². The normalized spacial score (nSPS) is 21.6. The number of rotatable bonds is 2. The predicted molar refractivity (Wildman–Crippen MR) is 63.3 cm³/mol. The van der Waals surface area contributed by atoms with Crippen LogP contribution in [0.25, 0.3) is 0 Å². The fraction of sp³-hybridized carbons (Fsp3) is 0.455. The fourth-order valence-corrected chi connectivity index (χ4v) is 1.74. The first-order valence-electron chi connectivity index (χ1n) is 5.12. The van der Waals surface area contributed by atoms with E-state index in [-0.39, 0.29) is 22.5 Å². The smallest absolute Gasteiger partial charge is 0.253 e. The Bertz CT molecular complexity index is 445. The topological polar surface area (TPSA) is 68.0 Å². The standard InChI is InChI=1S/C11H14ClN3O/c1-11(2)4-8(11)15-10(16)6-3-9(12)14-5-7(6)13/h3,5,8H,4,13H2,1-2H3,(H,15,16). The van der Waals surface area contributed by atoms with Gasteiger partial charge in [0.1, 0.15) is 5.15 Å². The number of nitrogen functional groups attached to an aromatic ring is 1. The van der Waals surface area contributed by atoms with Crippen molar-refractivity contribution in [2.75, 3.05) is 5.73 Å². The SMILES string of the molecule is CC1(C)CC1NC(=O)c1cc(Cl)ncc1N. The van der Waals surface area contributed by atoms with Crippen LogP contribution >= 0.6 is 11.6 Å². The molecule has 0 saturated heterocycles. The molecule has 1 atom stereocenters. The molecule has 86 valence electrons. The van der Waals surface area contributed by atoms with Crippen LogP contribution in [0, 0.1) is 5.41 Å². The summed E-state index contributed by atoms with van der Waals surface area (Å²) in [5.41, 5.74) is 6.61. The summed E-state index contributed by atoms with van der Waals surface area (Å²) in [6.45, 7) is 4.22. The van der Waals surface area contributed by atoms with E-state index >= 15 is 0 Å². The summed E-state index contributed by atoms with van der Waals surface area (Å²) in [5, 5.41) is 3.20. The molecule has 0 aromatic carbocycles. The Morgan fingerprint density at radius 2 is 2.31 bits per heavy atom. The minimum atomic E-state index is -0.183. The van der Waals surface area contributed by atoms with E-state index < -0.39 is 0 Å². The molecule has 2 rings (SSSR count). The van der Waals surface area contributed by atoms with Crippen molar-refractivity contribution in [1.82, 2.24) is 10.3 Å². The van der Waals surface area contributed by atoms with Crippen LogP contribution in [0.1, 0.15) is 30.6 Å². The van der Waals surface area contributed by atoms with Crippen molar-refractivity contribution in [1.29, 1.82) is 0 Å². The number of anilines is 1. The van der Waals surface area contributed by atoms with Gasteiger partial charge < -0.3 is 11.1 Å². The first-order chi connectivity index (χ1) is 7.40. The fourth-order valence-electron chi connectivity index (χ4n) is 1.59. The average Bonchev–Trinajstić information content (AvgIpc) is 2.77. The van der Waals surface area contributed by atoms with Crippen molar-refractivity contribution in [3.8, 4) is 0 Å². The number of hydrogen-bond donors (Lipinski definition) is 2. The van der Waals surface area contributed by atoms with Crippen LogP contribution in [-0.4, -0.2) is 16.9 Å². The molecule has 0 bridgehead atoms. The highest BCUT2D eigenvalue weighted by Gasteiger charge is 2.46. The second-order valence-electron chi connectivity index (χ2n) is 4.81. The molecule has 1 aliphatic rings. The van der Waals surface area contributed by atoms with E-state index in [0.717, 1.165) is 6.42 Å². The second kappa shape index (κ2) is 3.63. The number of amides is 1. The number of carbonyl (C=O) groups excluding carboxylic acids is 1. The lowest BCUT2D eigenvalue weighted by Gasteiger charge is -2.08. The highest BCUT2D eigenvalue weighted by Crippen LogP contribution is 2.44. The molecular weight excluding hydrogens is 226 g/mol. The summed E-state index contributed by atoms with van der Waals surface area (Å²) < 4.78 is 0. The molecule has 1 aromatic heterocycles. The van der Waals surface area contributed by atoms with Gasteiger partial charge in [0.15, 0.2) is 0 Å². The van der Waals surface area contributed by atoms with Gasteiger partial charge in [0.05, 0.1) is 17.4 Å². The van der Waals surface area contributed by atoms with Gasteiger partial charge in [-0.25, -0.2) is 4.98 Å². The number of pyridine rings is 1. The zero-order chi connectivity index (χ0) is 11.9. The minimum Gasteiger partial charge on any atom is -0.397 e. The van der Waals surface area contributed by atoms with Gasteiger partial charge in [-0.2, -0.15) is 0 Å². The van der Waals surface area contributed by atoms with Gasteiger partial charge in [-0.3, -0.25) is 4.79 Å². The molecule has 0 spiro atoms. The third-order valence-electron chi connectivity index (χ3n) is 2.96. The molecule has 1 saturated carbocycles. The van der Waals surface area contributed by atoms with Crippen molar-refractivity contribution in [3.05, 3.63) is 23.0 Å². The van der Waals surface area contributed by atoms with Crippen LogP contribution in [-0.2, 0) is 0 Å². The Hall–Kier alpha value is -1.29. The lowest BCUT2D eigenvalue weighted by molar-refractivity contribution is 0.0947. The van der Waals surface area contributed by atoms with Gasteiger partial charge in [-0.05, 0) is 17.9 Å². The molecule has 1 amide bonds. The summed E-state index contributed by atoms with van der Waals surface area (Å²) in [6, 6.07) is 1.72. The van der Waals surface area contributed by atoms with E-state index in [0.29, 0.717) is 11.3 Å². The predicted octanol–water partition coefficient (Wildman–Crippen LogP) is 1.85. The van der Waals surface area contributed by atoms with Gasteiger partial charge in [-0.15, -0.1) is 0 Å². The first-order valence-corrected chi connectivity index (χ1v) is 5.50. The van der Waals surface area contributed by atoms with Crippen molar-refractivity contribution < 1.29 is 4.79 Å². The maximum absolute atomic E-state index is 11.9. The molecule has 1 unspecified atom stereocenters. The molecule has 1 aromatic rings. The van der Waals surface area contributed by atoms with E-state index in [1.165, 1.54) is 12.3 Å². The molecule has 1 aliphatic carbocycles. The van der Waals surface area contributed by atoms with Crippen molar-refractivity contribution in [3.63, 3.8) is 0 Å². The summed E-state index contributed by atoms with van der Waals surface area (Å²) in [6.07, 6.45) is 2.40. The van der Waals surface area contributed by atoms with E-state index in [4.69, 9.17) is 17.3 Å². The van der Waals surface area contributed by atoms with Gasteiger partial charge in [0.2, 0.25) is 0 Å². The highest BCUT2D eigenvalue weighted by molar-refractivity contribution is 6.29. The summed E-state index contributed by atoms with van der Waals surface area (Å²) in [7, 11) is 0. The van der Waals surface area contributed by atoms with Crippen molar-refractivity contribution in [2.24, 2.45) is 5.41 Å². The Kier molecular flexibility index (Phi) is 2.54. The lowest BCUT2D eigenvalue weighted by Crippen LogP contribution is -2.29. The third kappa shape index (κ3) is 2.11. The number of halogens is 1. The van der Waals surface area contributed by atoms with Crippen molar-refractivity contribution >= 4 is 23.2 Å². The maximum atomic E-state index is 11.9. The Labute approximate surface area is 99.2 Å². The second-order valence-corrected chi connectivity index (χ2v) is 5.20. The molecular formula is C11H14ClN3O. The number of carbonyl (C=O) groups is 1. The van der Waals surface area contributed by atoms with E-state index in [1.807, 2.05) is 0 Å². The highest BCUT2D eigenvalue weighted by atomic mass is 35.5. The molecule has 16 heavy (non-hydrogen) atoms. The number of aromatic nitrogens is 1. The summed E-state index contributed by atoms with van der Waals surface area (Å²) in [5.74, 6) is -0.183. The number of hydrogen-bond acceptors (Lipinski definition) is 3. The molecule has 0 radical (unpaired) electrons. The molecule has 5 heteroatoms. The van der Waals surface area contributed by atoms with Crippen LogP contribution in [0.2, 0.25) is 5.15 Å². The first kappa shape index (κ1) is 11.2. The number of nitrogens with two attached hydrogens (primary N) is 1. The Morgan fingerprint density at radius 1 is 1.69 bits per heavy atom. The van der Waals surface area contributed by atoms with E-state index in [1.54, 1.807) is 0 Å². The third-order valence-corrected chi connectivity index (χ3v) is 3.17. The molecule has 1 heterocycles. The molecule has 4 nitrogen and oxygen atoms in total. The van der Waals surface area contributed by atoms with Crippen LogP contribution in [0.15, 0.2) is 12.3 Å².